The Hall–Kier alpha value is -2.59. The van der Waals surface area contributed by atoms with Crippen LogP contribution in [0, 0.1) is 13.8 Å². The number of carbonyl (C=O) groups excluding carboxylic acids is 1. The van der Waals surface area contributed by atoms with Gasteiger partial charge in [-0.05, 0) is 43.5 Å². The third kappa shape index (κ3) is 5.46. The molecular weight excluding hydrogens is 348 g/mol. The van der Waals surface area contributed by atoms with Crippen LogP contribution in [-0.4, -0.2) is 54.5 Å². The Labute approximate surface area is 168 Å². The van der Waals surface area contributed by atoms with E-state index in [1.165, 1.54) is 5.56 Å². The van der Waals surface area contributed by atoms with E-state index in [1.54, 1.807) is 0 Å². The Bertz CT molecular complexity index is 809. The summed E-state index contributed by atoms with van der Waals surface area (Å²) in [6.07, 6.45) is 3.88. The van der Waals surface area contributed by atoms with E-state index in [2.05, 4.69) is 35.3 Å². The molecule has 148 valence electrons. The molecular formula is C24H30N2O2. The molecule has 0 bridgehead atoms. The summed E-state index contributed by atoms with van der Waals surface area (Å²) in [5.74, 6) is 0.867. The molecule has 0 unspecified atom stereocenters. The Kier molecular flexibility index (Phi) is 6.88. The Morgan fingerprint density at radius 2 is 1.79 bits per heavy atom. The van der Waals surface area contributed by atoms with Crippen LogP contribution in [0.5, 0.6) is 5.75 Å². The van der Waals surface area contributed by atoms with E-state index in [-0.39, 0.29) is 5.91 Å². The van der Waals surface area contributed by atoms with Crippen LogP contribution < -0.4 is 4.74 Å². The number of hydrogen-bond donors (Lipinski definition) is 0. The molecule has 4 heteroatoms. The lowest BCUT2D eigenvalue weighted by molar-refractivity contribution is -0.139. The van der Waals surface area contributed by atoms with Gasteiger partial charge in [0, 0.05) is 32.7 Å². The second-order valence-electron chi connectivity index (χ2n) is 7.47. The van der Waals surface area contributed by atoms with Crippen molar-refractivity contribution in [2.75, 3.05) is 32.7 Å². The molecule has 1 fully saturated rings. The van der Waals surface area contributed by atoms with Crippen molar-refractivity contribution in [3.05, 3.63) is 71.3 Å². The molecule has 0 N–H and O–H groups in total. The van der Waals surface area contributed by atoms with E-state index in [0.29, 0.717) is 0 Å². The second-order valence-corrected chi connectivity index (χ2v) is 7.47. The highest BCUT2D eigenvalue weighted by molar-refractivity contribution is 5.81. The average molecular weight is 379 g/mol. The van der Waals surface area contributed by atoms with Crippen LogP contribution in [0.4, 0.5) is 0 Å². The first-order valence-electron chi connectivity index (χ1n) is 9.99. The van der Waals surface area contributed by atoms with E-state index in [1.807, 2.05) is 56.0 Å². The van der Waals surface area contributed by atoms with Crippen LogP contribution in [0.1, 0.15) is 23.6 Å². The summed E-state index contributed by atoms with van der Waals surface area (Å²) in [6.45, 7) is 10.1. The minimum atomic E-state index is -0.468. The fourth-order valence-electron chi connectivity index (χ4n) is 3.39. The monoisotopic (exact) mass is 378 g/mol. The van der Waals surface area contributed by atoms with Gasteiger partial charge in [-0.2, -0.15) is 0 Å². The maximum Gasteiger partial charge on any atom is 0.263 e. The zero-order chi connectivity index (χ0) is 19.9. The van der Waals surface area contributed by atoms with Gasteiger partial charge >= 0.3 is 0 Å². The van der Waals surface area contributed by atoms with Crippen LogP contribution in [-0.2, 0) is 4.79 Å². The number of nitrogens with zero attached hydrogens (tertiary/aromatic N) is 2. The minimum Gasteiger partial charge on any atom is -0.481 e. The predicted molar refractivity (Wildman–Crippen MR) is 115 cm³/mol. The topological polar surface area (TPSA) is 32.8 Å². The zero-order valence-corrected chi connectivity index (χ0v) is 17.1. The molecule has 1 aliphatic heterocycles. The largest absolute Gasteiger partial charge is 0.481 e. The maximum absolute atomic E-state index is 12.8. The number of amides is 1. The van der Waals surface area contributed by atoms with Crippen LogP contribution in [0.15, 0.2) is 54.6 Å². The van der Waals surface area contributed by atoms with Crippen molar-refractivity contribution in [1.82, 2.24) is 9.80 Å². The molecule has 4 nitrogen and oxygen atoms in total. The van der Waals surface area contributed by atoms with E-state index < -0.39 is 6.10 Å². The molecule has 0 saturated carbocycles. The van der Waals surface area contributed by atoms with Gasteiger partial charge in [-0.3, -0.25) is 9.69 Å². The van der Waals surface area contributed by atoms with Gasteiger partial charge in [-0.15, -0.1) is 0 Å². The number of ether oxygens (including phenoxy) is 1. The first-order chi connectivity index (χ1) is 13.5. The Balaban J connectivity index is 1.46. The highest BCUT2D eigenvalue weighted by atomic mass is 16.5. The van der Waals surface area contributed by atoms with Gasteiger partial charge in [-0.25, -0.2) is 0 Å². The fraction of sp³-hybridized carbons (Fsp3) is 0.375. The van der Waals surface area contributed by atoms with E-state index in [9.17, 15) is 4.79 Å². The normalized spacial score (nSPS) is 16.3. The summed E-state index contributed by atoms with van der Waals surface area (Å²) in [5.41, 5.74) is 3.41. The lowest BCUT2D eigenvalue weighted by atomic mass is 10.1. The van der Waals surface area contributed by atoms with Crippen LogP contribution >= 0.6 is 0 Å². The van der Waals surface area contributed by atoms with Gasteiger partial charge in [0.15, 0.2) is 6.10 Å². The van der Waals surface area contributed by atoms with Crippen molar-refractivity contribution < 1.29 is 9.53 Å². The van der Waals surface area contributed by atoms with Gasteiger partial charge in [0.1, 0.15) is 5.75 Å². The Morgan fingerprint density at radius 1 is 1.07 bits per heavy atom. The summed E-state index contributed by atoms with van der Waals surface area (Å²) >= 11 is 0. The number of rotatable bonds is 6. The molecule has 28 heavy (non-hydrogen) atoms. The van der Waals surface area contributed by atoms with Crippen LogP contribution in [0.25, 0.3) is 6.08 Å². The predicted octanol–water partition coefficient (Wildman–Crippen LogP) is 3.93. The maximum atomic E-state index is 12.8. The second kappa shape index (κ2) is 9.56. The van der Waals surface area contributed by atoms with Gasteiger partial charge in [0.05, 0.1) is 0 Å². The van der Waals surface area contributed by atoms with Crippen molar-refractivity contribution in [1.29, 1.82) is 0 Å². The lowest BCUT2D eigenvalue weighted by Gasteiger charge is -2.35. The SMILES string of the molecule is Cc1ccc(C)c(O[C@@H](C)C(=O)N2CCN(C/C=C/c3ccccc3)CC2)c1. The average Bonchev–Trinajstić information content (AvgIpc) is 2.71. The standard InChI is InChI=1S/C24H30N2O2/c1-19-11-12-20(2)23(18-19)28-21(3)24(27)26-16-14-25(15-17-26)13-7-10-22-8-5-4-6-9-22/h4-12,18,21H,13-17H2,1-3H3/b10-7+/t21-/m0/s1. The van der Waals surface area contributed by atoms with Crippen LogP contribution in [0.2, 0.25) is 0 Å². The van der Waals surface area contributed by atoms with E-state index in [0.717, 1.165) is 49.6 Å². The van der Waals surface area contributed by atoms with Crippen molar-refractivity contribution in [3.63, 3.8) is 0 Å². The fourth-order valence-corrected chi connectivity index (χ4v) is 3.39. The highest BCUT2D eigenvalue weighted by Crippen LogP contribution is 2.21. The van der Waals surface area contributed by atoms with Gasteiger partial charge < -0.3 is 9.64 Å². The van der Waals surface area contributed by atoms with Crippen molar-refractivity contribution in [2.45, 2.75) is 26.9 Å². The summed E-state index contributed by atoms with van der Waals surface area (Å²) in [4.78, 5) is 17.1. The molecule has 1 saturated heterocycles. The van der Waals surface area contributed by atoms with E-state index >= 15 is 0 Å². The molecule has 2 aromatic rings. The minimum absolute atomic E-state index is 0.0698. The first-order valence-corrected chi connectivity index (χ1v) is 9.99. The summed E-state index contributed by atoms with van der Waals surface area (Å²) in [5, 5.41) is 0. The molecule has 1 aliphatic rings. The summed E-state index contributed by atoms with van der Waals surface area (Å²) in [6, 6.07) is 16.4. The third-order valence-corrected chi connectivity index (χ3v) is 5.15. The number of aryl methyl sites for hydroxylation is 2. The van der Waals surface area contributed by atoms with Gasteiger partial charge in [0.25, 0.3) is 5.91 Å². The first kappa shape index (κ1) is 20.2. The van der Waals surface area contributed by atoms with E-state index in [4.69, 9.17) is 4.74 Å². The van der Waals surface area contributed by atoms with Crippen molar-refractivity contribution in [3.8, 4) is 5.75 Å². The van der Waals surface area contributed by atoms with Crippen molar-refractivity contribution >= 4 is 12.0 Å². The van der Waals surface area contributed by atoms with Crippen LogP contribution in [0.3, 0.4) is 0 Å². The molecule has 0 aromatic heterocycles. The summed E-state index contributed by atoms with van der Waals surface area (Å²) in [7, 11) is 0. The number of benzene rings is 2. The molecule has 3 rings (SSSR count). The van der Waals surface area contributed by atoms with Crippen molar-refractivity contribution in [2.24, 2.45) is 0 Å². The molecule has 1 amide bonds. The quantitative estimate of drug-likeness (QED) is 0.764. The lowest BCUT2D eigenvalue weighted by Crippen LogP contribution is -2.51. The third-order valence-electron chi connectivity index (χ3n) is 5.15. The Morgan fingerprint density at radius 3 is 2.50 bits per heavy atom. The zero-order valence-electron chi connectivity index (χ0n) is 17.1. The number of piperazine rings is 1. The molecule has 1 heterocycles. The molecule has 0 spiro atoms. The summed E-state index contributed by atoms with van der Waals surface area (Å²) < 4.78 is 5.97. The smallest absolute Gasteiger partial charge is 0.263 e. The highest BCUT2D eigenvalue weighted by Gasteiger charge is 2.26. The molecule has 0 radical (unpaired) electrons. The number of hydrogen-bond acceptors (Lipinski definition) is 3. The number of carbonyl (C=O) groups is 1. The van der Waals surface area contributed by atoms with Gasteiger partial charge in [-0.1, -0.05) is 54.6 Å². The molecule has 1 atom stereocenters. The molecule has 0 aliphatic carbocycles. The van der Waals surface area contributed by atoms with Gasteiger partial charge in [0.2, 0.25) is 0 Å². The molecule has 2 aromatic carbocycles.